The molecule has 1 aliphatic carbocycles. The minimum atomic E-state index is 0.408. The van der Waals surface area contributed by atoms with Gasteiger partial charge < -0.3 is 10.1 Å². The lowest BCUT2D eigenvalue weighted by Gasteiger charge is -2.28. The third kappa shape index (κ3) is 2.96. The second-order valence-corrected chi connectivity index (χ2v) is 7.05. The molecule has 0 radical (unpaired) electrons. The lowest BCUT2D eigenvalue weighted by atomic mass is 9.86. The standard InChI is InChI=1S/C18H23ClN4O/c1-2-24-15-6-3-12(4-7-15)18-22-21-17-11-20-10-13-9-14(19)5-8-16(13)23(17)18/h5,8-9,12,15,20H,2-4,6-7,10-11H2,1H3/t12-,15+. The molecule has 1 N–H and O–H groups in total. The molecule has 2 aromatic rings. The van der Waals surface area contributed by atoms with Crippen molar-refractivity contribution in [1.82, 2.24) is 20.1 Å². The number of aromatic nitrogens is 3. The molecule has 1 saturated carbocycles. The van der Waals surface area contributed by atoms with E-state index in [1.807, 2.05) is 12.1 Å². The van der Waals surface area contributed by atoms with Gasteiger partial charge in [-0.05, 0) is 56.4 Å². The van der Waals surface area contributed by atoms with Gasteiger partial charge in [-0.15, -0.1) is 10.2 Å². The summed E-state index contributed by atoms with van der Waals surface area (Å²) in [7, 11) is 0. The fourth-order valence-corrected chi connectivity index (χ4v) is 4.11. The molecular weight excluding hydrogens is 324 g/mol. The molecule has 0 unspecified atom stereocenters. The van der Waals surface area contributed by atoms with E-state index in [9.17, 15) is 0 Å². The van der Waals surface area contributed by atoms with Crippen molar-refractivity contribution in [2.24, 2.45) is 0 Å². The average molecular weight is 347 g/mol. The number of ether oxygens (including phenoxy) is 1. The lowest BCUT2D eigenvalue weighted by molar-refractivity contribution is 0.0321. The van der Waals surface area contributed by atoms with Crippen molar-refractivity contribution in [3.63, 3.8) is 0 Å². The molecule has 4 rings (SSSR count). The number of rotatable bonds is 3. The maximum Gasteiger partial charge on any atom is 0.151 e. The molecule has 0 saturated heterocycles. The largest absolute Gasteiger partial charge is 0.379 e. The molecule has 1 aromatic carbocycles. The highest BCUT2D eigenvalue weighted by Crippen LogP contribution is 2.35. The summed E-state index contributed by atoms with van der Waals surface area (Å²) in [6.45, 7) is 4.40. The van der Waals surface area contributed by atoms with Crippen LogP contribution in [0, 0.1) is 0 Å². The zero-order valence-corrected chi connectivity index (χ0v) is 14.7. The molecule has 128 valence electrons. The summed E-state index contributed by atoms with van der Waals surface area (Å²) in [5, 5.41) is 13.2. The van der Waals surface area contributed by atoms with Crippen molar-refractivity contribution in [2.75, 3.05) is 6.61 Å². The van der Waals surface area contributed by atoms with E-state index in [1.165, 1.54) is 5.56 Å². The van der Waals surface area contributed by atoms with E-state index >= 15 is 0 Å². The first-order valence-electron chi connectivity index (χ1n) is 8.81. The molecular formula is C18H23ClN4O. The molecule has 1 aliphatic heterocycles. The highest BCUT2D eigenvalue weighted by molar-refractivity contribution is 6.30. The topological polar surface area (TPSA) is 52.0 Å². The van der Waals surface area contributed by atoms with Crippen molar-refractivity contribution in [2.45, 2.75) is 57.7 Å². The van der Waals surface area contributed by atoms with Crippen LogP contribution in [0.1, 0.15) is 55.7 Å². The van der Waals surface area contributed by atoms with Gasteiger partial charge >= 0.3 is 0 Å². The van der Waals surface area contributed by atoms with Crippen molar-refractivity contribution in [1.29, 1.82) is 0 Å². The van der Waals surface area contributed by atoms with Crippen LogP contribution in [-0.2, 0) is 17.8 Å². The van der Waals surface area contributed by atoms with Crippen LogP contribution in [0.2, 0.25) is 5.02 Å². The van der Waals surface area contributed by atoms with Gasteiger partial charge in [0, 0.05) is 24.1 Å². The van der Waals surface area contributed by atoms with Gasteiger partial charge in [-0.3, -0.25) is 4.57 Å². The number of nitrogens with zero attached hydrogens (tertiary/aromatic N) is 3. The minimum Gasteiger partial charge on any atom is -0.379 e. The molecule has 2 heterocycles. The second kappa shape index (κ2) is 6.82. The summed E-state index contributed by atoms with van der Waals surface area (Å²) in [6, 6.07) is 6.08. The van der Waals surface area contributed by atoms with Crippen LogP contribution in [-0.4, -0.2) is 27.5 Å². The Hall–Kier alpha value is -1.43. The third-order valence-electron chi connectivity index (χ3n) is 5.08. The van der Waals surface area contributed by atoms with E-state index in [4.69, 9.17) is 16.3 Å². The predicted molar refractivity (Wildman–Crippen MR) is 93.5 cm³/mol. The SMILES string of the molecule is CCO[C@H]1CC[C@@H](c2nnc3n2-c2ccc(Cl)cc2CNC3)CC1. The van der Waals surface area contributed by atoms with E-state index in [2.05, 4.69) is 33.1 Å². The zero-order valence-electron chi connectivity index (χ0n) is 14.0. The molecule has 1 fully saturated rings. The van der Waals surface area contributed by atoms with Gasteiger partial charge in [0.2, 0.25) is 0 Å². The predicted octanol–water partition coefficient (Wildman–Crippen LogP) is 3.59. The van der Waals surface area contributed by atoms with Gasteiger partial charge in [0.1, 0.15) is 5.82 Å². The smallest absolute Gasteiger partial charge is 0.151 e. The van der Waals surface area contributed by atoms with Crippen molar-refractivity contribution in [3.05, 3.63) is 40.4 Å². The van der Waals surface area contributed by atoms with Gasteiger partial charge in [0.25, 0.3) is 0 Å². The molecule has 0 bridgehead atoms. The Bertz CT molecular complexity index is 722. The van der Waals surface area contributed by atoms with Gasteiger partial charge in [0.15, 0.2) is 5.82 Å². The van der Waals surface area contributed by atoms with E-state index in [0.29, 0.717) is 12.0 Å². The van der Waals surface area contributed by atoms with Gasteiger partial charge in [0.05, 0.1) is 18.3 Å². The fraction of sp³-hybridized carbons (Fsp3) is 0.556. The normalized spacial score (nSPS) is 23.4. The number of benzene rings is 1. The van der Waals surface area contributed by atoms with E-state index in [0.717, 1.165) is 67.7 Å². The van der Waals surface area contributed by atoms with Crippen molar-refractivity contribution >= 4 is 11.6 Å². The molecule has 5 nitrogen and oxygen atoms in total. The number of nitrogens with one attached hydrogen (secondary N) is 1. The second-order valence-electron chi connectivity index (χ2n) is 6.62. The van der Waals surface area contributed by atoms with Crippen LogP contribution in [0.15, 0.2) is 18.2 Å². The molecule has 0 amide bonds. The lowest BCUT2D eigenvalue weighted by Crippen LogP contribution is -2.22. The molecule has 0 atom stereocenters. The summed E-state index contributed by atoms with van der Waals surface area (Å²) >= 11 is 6.18. The summed E-state index contributed by atoms with van der Waals surface area (Å²) < 4.78 is 8.03. The fourth-order valence-electron chi connectivity index (χ4n) is 3.92. The average Bonchev–Trinajstić information content (AvgIpc) is 2.92. The summed E-state index contributed by atoms with van der Waals surface area (Å²) in [5.74, 6) is 2.52. The Kier molecular flexibility index (Phi) is 4.57. The quantitative estimate of drug-likeness (QED) is 0.922. The minimum absolute atomic E-state index is 0.408. The molecule has 2 aliphatic rings. The maximum atomic E-state index is 6.18. The van der Waals surface area contributed by atoms with Crippen LogP contribution < -0.4 is 5.32 Å². The van der Waals surface area contributed by atoms with Crippen molar-refractivity contribution < 1.29 is 4.74 Å². The summed E-state index contributed by atoms with van der Waals surface area (Å²) in [4.78, 5) is 0. The highest BCUT2D eigenvalue weighted by Gasteiger charge is 2.29. The molecule has 0 spiro atoms. The Morgan fingerprint density at radius 2 is 2.04 bits per heavy atom. The van der Waals surface area contributed by atoms with Crippen LogP contribution >= 0.6 is 11.6 Å². The van der Waals surface area contributed by atoms with Crippen LogP contribution in [0.5, 0.6) is 0 Å². The molecule has 24 heavy (non-hydrogen) atoms. The highest BCUT2D eigenvalue weighted by atomic mass is 35.5. The number of halogens is 1. The molecule has 1 aromatic heterocycles. The van der Waals surface area contributed by atoms with Crippen LogP contribution in [0.3, 0.4) is 0 Å². The Morgan fingerprint density at radius 1 is 1.21 bits per heavy atom. The van der Waals surface area contributed by atoms with Crippen LogP contribution in [0.4, 0.5) is 0 Å². The Labute approximate surface area is 147 Å². The number of hydrogen-bond donors (Lipinski definition) is 1. The summed E-state index contributed by atoms with van der Waals surface area (Å²) in [6.07, 6.45) is 4.84. The number of fused-ring (bicyclic) bond motifs is 3. The molecule has 6 heteroatoms. The van der Waals surface area contributed by atoms with Crippen LogP contribution in [0.25, 0.3) is 5.69 Å². The number of hydrogen-bond acceptors (Lipinski definition) is 4. The first-order chi connectivity index (χ1) is 11.8. The van der Waals surface area contributed by atoms with Gasteiger partial charge in [-0.25, -0.2) is 0 Å². The first kappa shape index (κ1) is 16.1. The monoisotopic (exact) mass is 346 g/mol. The van der Waals surface area contributed by atoms with E-state index in [-0.39, 0.29) is 0 Å². The Morgan fingerprint density at radius 3 is 2.83 bits per heavy atom. The van der Waals surface area contributed by atoms with Crippen molar-refractivity contribution in [3.8, 4) is 5.69 Å². The van der Waals surface area contributed by atoms with E-state index < -0.39 is 0 Å². The van der Waals surface area contributed by atoms with Gasteiger partial charge in [-0.2, -0.15) is 0 Å². The first-order valence-corrected chi connectivity index (χ1v) is 9.19. The maximum absolute atomic E-state index is 6.18. The summed E-state index contributed by atoms with van der Waals surface area (Å²) in [5.41, 5.74) is 2.36. The third-order valence-corrected chi connectivity index (χ3v) is 5.31. The Balaban J connectivity index is 1.66. The van der Waals surface area contributed by atoms with E-state index in [1.54, 1.807) is 0 Å². The van der Waals surface area contributed by atoms with Gasteiger partial charge in [-0.1, -0.05) is 11.6 Å². The zero-order chi connectivity index (χ0) is 16.5.